The van der Waals surface area contributed by atoms with Crippen molar-refractivity contribution in [3.8, 4) is 11.5 Å². The normalized spacial score (nSPS) is 12.6. The predicted molar refractivity (Wildman–Crippen MR) is 106 cm³/mol. The molecular formula is C21H22N2O6. The number of nitrogens with one attached hydrogen (secondary N) is 1. The molecule has 1 heterocycles. The second-order valence-electron chi connectivity index (χ2n) is 6.44. The maximum atomic E-state index is 12.4. The molecule has 2 aromatic rings. The zero-order chi connectivity index (χ0) is 20.8. The Labute approximate surface area is 168 Å². The van der Waals surface area contributed by atoms with Crippen LogP contribution in [0.15, 0.2) is 42.5 Å². The fourth-order valence-electron chi connectivity index (χ4n) is 2.89. The van der Waals surface area contributed by atoms with Crippen molar-refractivity contribution < 1.29 is 28.6 Å². The van der Waals surface area contributed by atoms with Gasteiger partial charge in [-0.15, -0.1) is 0 Å². The van der Waals surface area contributed by atoms with Crippen LogP contribution in [0.2, 0.25) is 0 Å². The maximum Gasteiger partial charge on any atom is 0.343 e. The lowest BCUT2D eigenvalue weighted by atomic mass is 10.2. The van der Waals surface area contributed by atoms with E-state index >= 15 is 0 Å². The van der Waals surface area contributed by atoms with Gasteiger partial charge in [-0.25, -0.2) is 4.79 Å². The average Bonchev–Trinajstić information content (AvgIpc) is 2.73. The van der Waals surface area contributed by atoms with E-state index in [0.29, 0.717) is 22.9 Å². The van der Waals surface area contributed by atoms with E-state index in [1.54, 1.807) is 35.2 Å². The standard InChI is InChI=1S/C21H22N2O6/c1-14-11-15(28-13-21(26)27-2)7-8-16(14)22-19(24)9-10-23-17-5-3-4-6-18(17)29-12-20(23)25/h3-8,11H,9-10,12-13H2,1-2H3,(H,22,24). The van der Waals surface area contributed by atoms with Crippen LogP contribution in [-0.4, -0.2) is 44.7 Å². The lowest BCUT2D eigenvalue weighted by Crippen LogP contribution is -2.40. The Balaban J connectivity index is 1.57. The molecule has 8 heteroatoms. The van der Waals surface area contributed by atoms with Gasteiger partial charge in [-0.2, -0.15) is 0 Å². The highest BCUT2D eigenvalue weighted by molar-refractivity contribution is 5.99. The molecule has 3 rings (SSSR count). The molecule has 2 amide bonds. The summed E-state index contributed by atoms with van der Waals surface area (Å²) in [7, 11) is 1.29. The van der Waals surface area contributed by atoms with Gasteiger partial charge >= 0.3 is 5.97 Å². The molecule has 0 bridgehead atoms. The number of carbonyl (C=O) groups excluding carboxylic acids is 3. The molecule has 0 saturated heterocycles. The number of methoxy groups -OCH3 is 1. The summed E-state index contributed by atoms with van der Waals surface area (Å²) in [6.45, 7) is 1.86. The van der Waals surface area contributed by atoms with Crippen molar-refractivity contribution in [1.82, 2.24) is 0 Å². The number of hydrogen-bond acceptors (Lipinski definition) is 6. The Bertz CT molecular complexity index is 927. The van der Waals surface area contributed by atoms with Crippen LogP contribution in [0.25, 0.3) is 0 Å². The van der Waals surface area contributed by atoms with Crippen LogP contribution in [-0.2, 0) is 19.1 Å². The van der Waals surface area contributed by atoms with Crippen LogP contribution in [0.5, 0.6) is 11.5 Å². The number of rotatable bonds is 7. The molecule has 0 atom stereocenters. The molecule has 1 aliphatic rings. The molecule has 0 saturated carbocycles. The molecule has 0 fully saturated rings. The largest absolute Gasteiger partial charge is 0.482 e. The summed E-state index contributed by atoms with van der Waals surface area (Å²) in [6.07, 6.45) is 0.139. The summed E-state index contributed by atoms with van der Waals surface area (Å²) in [6, 6.07) is 12.3. The lowest BCUT2D eigenvalue weighted by Gasteiger charge is -2.29. The van der Waals surface area contributed by atoms with Crippen LogP contribution in [0.1, 0.15) is 12.0 Å². The van der Waals surface area contributed by atoms with Crippen molar-refractivity contribution in [1.29, 1.82) is 0 Å². The van der Waals surface area contributed by atoms with E-state index in [-0.39, 0.29) is 38.0 Å². The van der Waals surface area contributed by atoms with Crippen LogP contribution in [0.4, 0.5) is 11.4 Å². The minimum atomic E-state index is -0.473. The minimum Gasteiger partial charge on any atom is -0.482 e. The molecule has 152 valence electrons. The first-order valence-corrected chi connectivity index (χ1v) is 9.10. The number of ether oxygens (including phenoxy) is 3. The first kappa shape index (κ1) is 20.2. The third-order valence-electron chi connectivity index (χ3n) is 4.43. The highest BCUT2D eigenvalue weighted by atomic mass is 16.6. The Morgan fingerprint density at radius 3 is 2.76 bits per heavy atom. The molecule has 0 unspecified atom stereocenters. The first-order valence-electron chi connectivity index (χ1n) is 9.10. The molecule has 0 aliphatic carbocycles. The van der Waals surface area contributed by atoms with Crippen LogP contribution >= 0.6 is 0 Å². The monoisotopic (exact) mass is 398 g/mol. The zero-order valence-corrected chi connectivity index (χ0v) is 16.3. The topological polar surface area (TPSA) is 94.2 Å². The van der Waals surface area contributed by atoms with Gasteiger partial charge in [0, 0.05) is 18.7 Å². The van der Waals surface area contributed by atoms with Crippen molar-refractivity contribution in [2.75, 3.05) is 37.1 Å². The second-order valence-corrected chi connectivity index (χ2v) is 6.44. The quantitative estimate of drug-likeness (QED) is 0.720. The van der Waals surface area contributed by atoms with E-state index < -0.39 is 5.97 Å². The number of carbonyl (C=O) groups is 3. The summed E-state index contributed by atoms with van der Waals surface area (Å²) < 4.78 is 15.3. The Kier molecular flexibility index (Phi) is 6.33. The summed E-state index contributed by atoms with van der Waals surface area (Å²) in [5.41, 5.74) is 2.09. The van der Waals surface area contributed by atoms with Gasteiger partial charge in [-0.3, -0.25) is 9.59 Å². The first-order chi connectivity index (χ1) is 14.0. The Morgan fingerprint density at radius 2 is 2.00 bits per heavy atom. The predicted octanol–water partition coefficient (Wildman–Crippen LogP) is 2.30. The van der Waals surface area contributed by atoms with Gasteiger partial charge < -0.3 is 24.4 Å². The number of fused-ring (bicyclic) bond motifs is 1. The third-order valence-corrected chi connectivity index (χ3v) is 4.43. The number of nitrogens with zero attached hydrogens (tertiary/aromatic N) is 1. The number of hydrogen-bond donors (Lipinski definition) is 1. The van der Waals surface area contributed by atoms with Gasteiger partial charge in [0.1, 0.15) is 11.5 Å². The maximum absolute atomic E-state index is 12.4. The van der Waals surface area contributed by atoms with Crippen molar-refractivity contribution in [2.45, 2.75) is 13.3 Å². The van der Waals surface area contributed by atoms with Crippen LogP contribution in [0, 0.1) is 6.92 Å². The van der Waals surface area contributed by atoms with Crippen LogP contribution in [0.3, 0.4) is 0 Å². The van der Waals surface area contributed by atoms with E-state index in [9.17, 15) is 14.4 Å². The lowest BCUT2D eigenvalue weighted by molar-refractivity contribution is -0.142. The molecule has 1 N–H and O–H groups in total. The molecule has 29 heavy (non-hydrogen) atoms. The number of aryl methyl sites for hydroxylation is 1. The van der Waals surface area contributed by atoms with E-state index in [0.717, 1.165) is 5.56 Å². The van der Waals surface area contributed by atoms with Gasteiger partial charge in [0.2, 0.25) is 5.91 Å². The second kappa shape index (κ2) is 9.09. The summed E-state index contributed by atoms with van der Waals surface area (Å²) in [4.78, 5) is 37.3. The SMILES string of the molecule is COC(=O)COc1ccc(NC(=O)CCN2C(=O)COc3ccccc32)c(C)c1. The zero-order valence-electron chi connectivity index (χ0n) is 16.3. The molecule has 2 aromatic carbocycles. The molecular weight excluding hydrogens is 376 g/mol. The molecule has 8 nitrogen and oxygen atoms in total. The molecule has 0 aromatic heterocycles. The van der Waals surface area contributed by atoms with Gasteiger partial charge in [-0.1, -0.05) is 12.1 Å². The summed E-state index contributed by atoms with van der Waals surface area (Å²) >= 11 is 0. The molecule has 0 radical (unpaired) electrons. The van der Waals surface area contributed by atoms with E-state index in [1.165, 1.54) is 7.11 Å². The van der Waals surface area contributed by atoms with Gasteiger partial charge in [-0.05, 0) is 42.8 Å². The smallest absolute Gasteiger partial charge is 0.343 e. The van der Waals surface area contributed by atoms with Gasteiger partial charge in [0.25, 0.3) is 5.91 Å². The fraction of sp³-hybridized carbons (Fsp3) is 0.286. The number of esters is 1. The van der Waals surface area contributed by atoms with Crippen molar-refractivity contribution in [2.24, 2.45) is 0 Å². The number of anilines is 2. The highest BCUT2D eigenvalue weighted by Gasteiger charge is 2.25. The highest BCUT2D eigenvalue weighted by Crippen LogP contribution is 2.31. The Hall–Kier alpha value is -3.55. The van der Waals surface area contributed by atoms with E-state index in [2.05, 4.69) is 10.1 Å². The summed E-state index contributed by atoms with van der Waals surface area (Å²) in [5, 5.41) is 2.84. The number of benzene rings is 2. The van der Waals surface area contributed by atoms with Crippen molar-refractivity contribution in [3.05, 3.63) is 48.0 Å². The molecule has 1 aliphatic heterocycles. The van der Waals surface area contributed by atoms with Crippen molar-refractivity contribution in [3.63, 3.8) is 0 Å². The van der Waals surface area contributed by atoms with Crippen molar-refractivity contribution >= 4 is 29.2 Å². The van der Waals surface area contributed by atoms with E-state index in [4.69, 9.17) is 9.47 Å². The molecule has 0 spiro atoms. The van der Waals surface area contributed by atoms with E-state index in [1.807, 2.05) is 19.1 Å². The van der Waals surface area contributed by atoms with Gasteiger partial charge in [0.15, 0.2) is 13.2 Å². The number of para-hydroxylation sites is 2. The number of amides is 2. The third kappa shape index (κ3) is 5.04. The fourth-order valence-corrected chi connectivity index (χ4v) is 2.89. The van der Waals surface area contributed by atoms with Crippen LogP contribution < -0.4 is 19.7 Å². The Morgan fingerprint density at radius 1 is 1.21 bits per heavy atom. The minimum absolute atomic E-state index is 0.0369. The average molecular weight is 398 g/mol. The van der Waals surface area contributed by atoms with Gasteiger partial charge in [0.05, 0.1) is 12.8 Å². The summed E-state index contributed by atoms with van der Waals surface area (Å²) in [5.74, 6) is 0.263.